The van der Waals surface area contributed by atoms with Crippen LogP contribution >= 0.6 is 23.4 Å². The minimum Gasteiger partial charge on any atom is -0.300 e. The van der Waals surface area contributed by atoms with Gasteiger partial charge in [0.15, 0.2) is 0 Å². The highest BCUT2D eigenvalue weighted by atomic mass is 35.5. The van der Waals surface area contributed by atoms with Crippen molar-refractivity contribution < 1.29 is 0 Å². The first-order valence-corrected chi connectivity index (χ1v) is 6.94. The molecule has 1 aromatic rings. The van der Waals surface area contributed by atoms with Gasteiger partial charge in [-0.25, -0.2) is 0 Å². The average molecular weight is 246 g/mol. The molecule has 0 radical (unpaired) electrons. The van der Waals surface area contributed by atoms with Gasteiger partial charge in [-0.05, 0) is 37.1 Å². The van der Waals surface area contributed by atoms with Gasteiger partial charge in [0.2, 0.25) is 5.28 Å². The summed E-state index contributed by atoms with van der Waals surface area (Å²) >= 11 is 7.99. The normalized spacial score (nSPS) is 18.1. The molecule has 1 heterocycles. The summed E-state index contributed by atoms with van der Waals surface area (Å²) in [5, 5.41) is 8.61. The van der Waals surface area contributed by atoms with Crippen LogP contribution in [-0.2, 0) is 13.0 Å². The third-order valence-corrected chi connectivity index (χ3v) is 4.63. The van der Waals surface area contributed by atoms with Crippen molar-refractivity contribution in [1.82, 2.24) is 14.8 Å². The molecular weight excluding hydrogens is 230 g/mol. The molecule has 0 aromatic carbocycles. The summed E-state index contributed by atoms with van der Waals surface area (Å²) in [6.07, 6.45) is 6.79. The number of hydrogen-bond acceptors (Lipinski definition) is 3. The van der Waals surface area contributed by atoms with E-state index < -0.39 is 0 Å². The van der Waals surface area contributed by atoms with Crippen LogP contribution in [0.1, 0.15) is 32.0 Å². The molecule has 1 aromatic heterocycles. The lowest BCUT2D eigenvalue weighted by Crippen LogP contribution is -2.16. The van der Waals surface area contributed by atoms with Crippen LogP contribution in [0, 0.1) is 0 Å². The quantitative estimate of drug-likeness (QED) is 0.799. The van der Waals surface area contributed by atoms with E-state index >= 15 is 0 Å². The van der Waals surface area contributed by atoms with E-state index in [-0.39, 0.29) is 0 Å². The third-order valence-electron chi connectivity index (χ3n) is 2.94. The summed E-state index contributed by atoms with van der Waals surface area (Å²) in [6.45, 7) is 3.11. The van der Waals surface area contributed by atoms with Crippen molar-refractivity contribution in [3.05, 3.63) is 11.1 Å². The number of halogens is 1. The Kier molecular flexibility index (Phi) is 3.26. The minimum atomic E-state index is 0.411. The van der Waals surface area contributed by atoms with E-state index in [1.807, 2.05) is 11.8 Å². The molecule has 0 saturated heterocycles. The zero-order valence-electron chi connectivity index (χ0n) is 9.16. The lowest BCUT2D eigenvalue weighted by Gasteiger charge is -2.14. The first-order valence-electron chi connectivity index (χ1n) is 5.33. The van der Waals surface area contributed by atoms with Gasteiger partial charge in [-0.3, -0.25) is 0 Å². The van der Waals surface area contributed by atoms with E-state index in [4.69, 9.17) is 11.6 Å². The van der Waals surface area contributed by atoms with E-state index in [9.17, 15) is 0 Å². The zero-order chi connectivity index (χ0) is 10.9. The molecule has 0 bridgehead atoms. The molecular formula is C10H16ClN3S. The number of aryl methyl sites for hydroxylation is 1. The van der Waals surface area contributed by atoms with Crippen molar-refractivity contribution in [2.24, 2.45) is 0 Å². The van der Waals surface area contributed by atoms with Gasteiger partial charge in [-0.2, -0.15) is 11.8 Å². The van der Waals surface area contributed by atoms with Crippen molar-refractivity contribution >= 4 is 23.4 Å². The molecule has 1 aliphatic rings. The zero-order valence-corrected chi connectivity index (χ0v) is 10.7. The van der Waals surface area contributed by atoms with Crippen LogP contribution in [-0.4, -0.2) is 25.8 Å². The van der Waals surface area contributed by atoms with Gasteiger partial charge in [0, 0.05) is 17.7 Å². The number of thioether (sulfide) groups is 1. The molecule has 1 fully saturated rings. The van der Waals surface area contributed by atoms with Gasteiger partial charge in [-0.1, -0.05) is 6.92 Å². The number of aromatic nitrogens is 3. The fraction of sp³-hybridized carbons (Fsp3) is 0.800. The highest BCUT2D eigenvalue weighted by Gasteiger charge is 2.43. The van der Waals surface area contributed by atoms with Gasteiger partial charge < -0.3 is 4.57 Å². The molecule has 0 unspecified atom stereocenters. The lowest BCUT2D eigenvalue weighted by molar-refractivity contribution is 0.618. The van der Waals surface area contributed by atoms with Crippen molar-refractivity contribution in [2.45, 2.75) is 43.9 Å². The second-order valence-corrected chi connectivity index (χ2v) is 5.72. The number of nitrogens with zero attached hydrogens (tertiary/aromatic N) is 3. The maximum absolute atomic E-state index is 6.05. The second kappa shape index (κ2) is 4.34. The van der Waals surface area contributed by atoms with Crippen LogP contribution in [0.4, 0.5) is 0 Å². The second-order valence-electron chi connectivity index (χ2n) is 4.11. The van der Waals surface area contributed by atoms with Crippen molar-refractivity contribution in [3.63, 3.8) is 0 Å². The maximum atomic E-state index is 6.05. The first-order chi connectivity index (χ1) is 7.21. The molecule has 2 rings (SSSR count). The Bertz CT molecular complexity index is 346. The molecule has 84 valence electrons. The largest absolute Gasteiger partial charge is 0.300 e. The SMILES string of the molecule is CCCc1nnc(Cl)n1CC1(SC)CC1. The molecule has 0 spiro atoms. The molecule has 15 heavy (non-hydrogen) atoms. The van der Waals surface area contributed by atoms with Crippen LogP contribution in [0.3, 0.4) is 0 Å². The van der Waals surface area contributed by atoms with Crippen molar-refractivity contribution in [3.8, 4) is 0 Å². The van der Waals surface area contributed by atoms with Crippen LogP contribution in [0.2, 0.25) is 5.28 Å². The van der Waals surface area contributed by atoms with Crippen LogP contribution in [0.25, 0.3) is 0 Å². The molecule has 0 amide bonds. The molecule has 1 saturated carbocycles. The molecule has 3 nitrogen and oxygen atoms in total. The summed E-state index contributed by atoms with van der Waals surface area (Å²) < 4.78 is 2.49. The Balaban J connectivity index is 2.15. The Morgan fingerprint density at radius 2 is 2.20 bits per heavy atom. The predicted octanol–water partition coefficient (Wildman–Crippen LogP) is 2.78. The Morgan fingerprint density at radius 3 is 2.73 bits per heavy atom. The fourth-order valence-electron chi connectivity index (χ4n) is 1.73. The topological polar surface area (TPSA) is 30.7 Å². The molecule has 1 aliphatic carbocycles. The predicted molar refractivity (Wildman–Crippen MR) is 64.5 cm³/mol. The fourth-order valence-corrected chi connectivity index (χ4v) is 2.70. The molecule has 0 aliphatic heterocycles. The van der Waals surface area contributed by atoms with E-state index in [0.29, 0.717) is 10.0 Å². The monoisotopic (exact) mass is 245 g/mol. The standard InChI is InChI=1S/C10H16ClN3S/c1-3-4-8-12-13-9(11)14(8)7-10(15-2)5-6-10/h3-7H2,1-2H3. The summed E-state index contributed by atoms with van der Waals surface area (Å²) in [5.41, 5.74) is 0. The van der Waals surface area contributed by atoms with E-state index in [0.717, 1.165) is 25.2 Å². The van der Waals surface area contributed by atoms with Gasteiger partial charge in [0.25, 0.3) is 0 Å². The third kappa shape index (κ3) is 2.31. The minimum absolute atomic E-state index is 0.411. The lowest BCUT2D eigenvalue weighted by atomic mass is 10.3. The summed E-state index contributed by atoms with van der Waals surface area (Å²) in [4.78, 5) is 0. The Hall–Kier alpha value is -0.220. The molecule has 0 N–H and O–H groups in total. The van der Waals surface area contributed by atoms with Crippen LogP contribution < -0.4 is 0 Å². The van der Waals surface area contributed by atoms with E-state index in [1.165, 1.54) is 12.8 Å². The maximum Gasteiger partial charge on any atom is 0.225 e. The van der Waals surface area contributed by atoms with Crippen molar-refractivity contribution in [2.75, 3.05) is 6.26 Å². The Labute approximate surface area is 99.6 Å². The van der Waals surface area contributed by atoms with Gasteiger partial charge in [0.05, 0.1) is 0 Å². The average Bonchev–Trinajstić information content (AvgIpc) is 2.94. The Morgan fingerprint density at radius 1 is 1.47 bits per heavy atom. The molecule has 5 heteroatoms. The van der Waals surface area contributed by atoms with E-state index in [1.54, 1.807) is 0 Å². The smallest absolute Gasteiger partial charge is 0.225 e. The van der Waals surface area contributed by atoms with Crippen LogP contribution in [0.5, 0.6) is 0 Å². The first kappa shape index (κ1) is 11.3. The molecule has 0 atom stereocenters. The number of hydrogen-bond donors (Lipinski definition) is 0. The van der Waals surface area contributed by atoms with Gasteiger partial charge >= 0.3 is 0 Å². The highest BCUT2D eigenvalue weighted by Crippen LogP contribution is 2.48. The highest BCUT2D eigenvalue weighted by molar-refractivity contribution is 8.00. The van der Waals surface area contributed by atoms with Crippen molar-refractivity contribution in [1.29, 1.82) is 0 Å². The summed E-state index contributed by atoms with van der Waals surface area (Å²) in [5.74, 6) is 1.03. The number of rotatable bonds is 5. The van der Waals surface area contributed by atoms with E-state index in [2.05, 4.69) is 27.9 Å². The van der Waals surface area contributed by atoms with Gasteiger partial charge in [-0.15, -0.1) is 10.2 Å². The van der Waals surface area contributed by atoms with Gasteiger partial charge in [0.1, 0.15) is 5.82 Å². The summed E-state index contributed by atoms with van der Waals surface area (Å²) in [6, 6.07) is 0. The van der Waals surface area contributed by atoms with Crippen LogP contribution in [0.15, 0.2) is 0 Å². The summed E-state index contributed by atoms with van der Waals surface area (Å²) in [7, 11) is 0.